The minimum Gasteiger partial charge on any atom is -0.487 e. The van der Waals surface area contributed by atoms with Crippen molar-refractivity contribution in [1.29, 1.82) is 0 Å². The molecule has 0 bridgehead atoms. The van der Waals surface area contributed by atoms with Gasteiger partial charge >= 0.3 is 0 Å². The summed E-state index contributed by atoms with van der Waals surface area (Å²) in [5, 5.41) is 4.67. The molecule has 0 saturated heterocycles. The van der Waals surface area contributed by atoms with Crippen LogP contribution in [0.2, 0.25) is 5.02 Å². The van der Waals surface area contributed by atoms with Gasteiger partial charge < -0.3 is 10.1 Å². The lowest BCUT2D eigenvalue weighted by Gasteiger charge is -2.12. The zero-order chi connectivity index (χ0) is 22.2. The Morgan fingerprint density at radius 3 is 2.55 bits per heavy atom. The molecular formula is C25H25ClFN3O. The summed E-state index contributed by atoms with van der Waals surface area (Å²) in [5.41, 5.74) is 3.51. The Kier molecular flexibility index (Phi) is 7.79. The van der Waals surface area contributed by atoms with Crippen LogP contribution in [-0.4, -0.2) is 9.97 Å². The van der Waals surface area contributed by atoms with Crippen molar-refractivity contribution in [3.05, 3.63) is 89.0 Å². The first-order chi connectivity index (χ1) is 15.0. The lowest BCUT2D eigenvalue weighted by Crippen LogP contribution is -1.98. The number of aryl methyl sites for hydroxylation is 1. The highest BCUT2D eigenvalue weighted by atomic mass is 35.5. The maximum absolute atomic E-state index is 13.3. The van der Waals surface area contributed by atoms with E-state index in [1.54, 1.807) is 24.3 Å². The molecule has 1 aromatic heterocycles. The predicted octanol–water partition coefficient (Wildman–Crippen LogP) is 7.47. The van der Waals surface area contributed by atoms with Crippen LogP contribution in [-0.2, 0) is 6.61 Å². The molecule has 4 nitrogen and oxygen atoms in total. The van der Waals surface area contributed by atoms with Gasteiger partial charge in [0, 0.05) is 11.1 Å². The van der Waals surface area contributed by atoms with Crippen LogP contribution in [0.5, 0.6) is 5.75 Å². The van der Waals surface area contributed by atoms with Crippen molar-refractivity contribution in [1.82, 2.24) is 9.97 Å². The fraction of sp³-hybridized carbons (Fsp3) is 0.200. The second-order valence-electron chi connectivity index (χ2n) is 7.14. The van der Waals surface area contributed by atoms with Crippen LogP contribution in [0.3, 0.4) is 0 Å². The molecule has 3 aromatic carbocycles. The van der Waals surface area contributed by atoms with Crippen molar-refractivity contribution in [2.45, 2.75) is 33.8 Å². The van der Waals surface area contributed by atoms with E-state index in [1.165, 1.54) is 24.9 Å². The van der Waals surface area contributed by atoms with Gasteiger partial charge in [0.25, 0.3) is 0 Å². The minimum absolute atomic E-state index is 0.236. The molecule has 1 heterocycles. The molecule has 0 spiro atoms. The maximum Gasteiger partial charge on any atom is 0.141 e. The van der Waals surface area contributed by atoms with Crippen molar-refractivity contribution < 1.29 is 9.13 Å². The largest absolute Gasteiger partial charge is 0.487 e. The topological polar surface area (TPSA) is 47.0 Å². The summed E-state index contributed by atoms with van der Waals surface area (Å²) in [7, 11) is 0. The third-order valence-electron chi connectivity index (χ3n) is 4.27. The van der Waals surface area contributed by atoms with E-state index in [9.17, 15) is 4.39 Å². The molecule has 6 heteroatoms. The highest BCUT2D eigenvalue weighted by Gasteiger charge is 2.08. The lowest BCUT2D eigenvalue weighted by atomic mass is 10.1. The van der Waals surface area contributed by atoms with Gasteiger partial charge in [-0.2, -0.15) is 0 Å². The van der Waals surface area contributed by atoms with Gasteiger partial charge in [0.05, 0.1) is 10.5 Å². The van der Waals surface area contributed by atoms with E-state index < -0.39 is 0 Å². The number of nitrogens with one attached hydrogen (secondary N) is 1. The Bertz CT molecular complexity index is 1170. The van der Waals surface area contributed by atoms with Crippen LogP contribution < -0.4 is 10.1 Å². The number of hydrogen-bond acceptors (Lipinski definition) is 4. The van der Waals surface area contributed by atoms with Gasteiger partial charge in [0.15, 0.2) is 0 Å². The first-order valence-corrected chi connectivity index (χ1v) is 10.5. The van der Waals surface area contributed by atoms with Crippen molar-refractivity contribution in [2.24, 2.45) is 0 Å². The molecule has 0 radical (unpaired) electrons. The number of nitrogens with zero attached hydrogens (tertiary/aromatic N) is 2. The molecule has 0 aliphatic heterocycles. The zero-order valence-electron chi connectivity index (χ0n) is 17.8. The van der Waals surface area contributed by atoms with Gasteiger partial charge in [-0.15, -0.1) is 0 Å². The predicted molar refractivity (Wildman–Crippen MR) is 126 cm³/mol. The molecule has 0 amide bonds. The molecule has 0 aliphatic rings. The Morgan fingerprint density at radius 2 is 1.81 bits per heavy atom. The van der Waals surface area contributed by atoms with Crippen molar-refractivity contribution >= 4 is 34.0 Å². The third kappa shape index (κ3) is 6.15. The summed E-state index contributed by atoms with van der Waals surface area (Å²) in [6.45, 7) is 6.51. The fourth-order valence-electron chi connectivity index (χ4n) is 2.89. The van der Waals surface area contributed by atoms with Crippen LogP contribution in [0.4, 0.5) is 15.9 Å². The molecule has 1 N–H and O–H groups in total. The molecule has 0 atom stereocenters. The van der Waals surface area contributed by atoms with Crippen LogP contribution in [0.25, 0.3) is 10.9 Å². The molecule has 0 aliphatic carbocycles. The standard InChI is InChI=1S/C22H17ClFN3O.C3H8/c1-14-5-7-20-18(9-14)22(26-13-25-20)27-17-6-8-21(19(23)11-17)28-12-15-3-2-4-16(24)10-15;1-3-2/h2-11,13H,12H2,1H3,(H,25,26,27);3H2,1-2H3. The monoisotopic (exact) mass is 437 g/mol. The number of hydrogen-bond donors (Lipinski definition) is 1. The minimum atomic E-state index is -0.293. The number of ether oxygens (including phenoxy) is 1. The summed E-state index contributed by atoms with van der Waals surface area (Å²) in [5.74, 6) is 0.942. The first-order valence-electron chi connectivity index (χ1n) is 10.1. The number of anilines is 2. The molecule has 0 unspecified atom stereocenters. The van der Waals surface area contributed by atoms with Gasteiger partial charge in [-0.05, 0) is 55.0 Å². The molecule has 0 fully saturated rings. The van der Waals surface area contributed by atoms with E-state index in [-0.39, 0.29) is 12.4 Å². The van der Waals surface area contributed by atoms with Crippen LogP contribution >= 0.6 is 11.6 Å². The Balaban J connectivity index is 0.000000858. The molecule has 4 aromatic rings. The highest BCUT2D eigenvalue weighted by molar-refractivity contribution is 6.32. The molecular weight excluding hydrogens is 413 g/mol. The van der Waals surface area contributed by atoms with Crippen molar-refractivity contribution in [3.8, 4) is 5.75 Å². The zero-order valence-corrected chi connectivity index (χ0v) is 18.6. The van der Waals surface area contributed by atoms with E-state index in [0.717, 1.165) is 27.7 Å². The second kappa shape index (κ2) is 10.7. The summed E-state index contributed by atoms with van der Waals surface area (Å²) >= 11 is 6.36. The average Bonchev–Trinajstić information content (AvgIpc) is 2.74. The molecule has 31 heavy (non-hydrogen) atoms. The number of rotatable bonds is 5. The van der Waals surface area contributed by atoms with Crippen molar-refractivity contribution in [3.63, 3.8) is 0 Å². The van der Waals surface area contributed by atoms with Crippen LogP contribution in [0, 0.1) is 12.7 Å². The van der Waals surface area contributed by atoms with Crippen molar-refractivity contribution in [2.75, 3.05) is 5.32 Å². The Hall–Kier alpha value is -3.18. The average molecular weight is 438 g/mol. The highest BCUT2D eigenvalue weighted by Crippen LogP contribution is 2.31. The molecule has 4 rings (SSSR count). The van der Waals surface area contributed by atoms with E-state index in [4.69, 9.17) is 16.3 Å². The maximum atomic E-state index is 13.3. The number of halogens is 2. The van der Waals surface area contributed by atoms with Gasteiger partial charge in [0.2, 0.25) is 0 Å². The van der Waals surface area contributed by atoms with Gasteiger partial charge in [-0.3, -0.25) is 0 Å². The van der Waals surface area contributed by atoms with E-state index in [2.05, 4.69) is 29.1 Å². The van der Waals surface area contributed by atoms with Gasteiger partial charge in [-0.1, -0.05) is 55.6 Å². The fourth-order valence-corrected chi connectivity index (χ4v) is 3.13. The summed E-state index contributed by atoms with van der Waals surface area (Å²) in [6, 6.07) is 17.7. The van der Waals surface area contributed by atoms with Crippen LogP contribution in [0.15, 0.2) is 67.0 Å². The van der Waals surface area contributed by atoms with Gasteiger partial charge in [-0.25, -0.2) is 14.4 Å². The second-order valence-corrected chi connectivity index (χ2v) is 7.55. The third-order valence-corrected chi connectivity index (χ3v) is 4.56. The number of fused-ring (bicyclic) bond motifs is 1. The molecule has 160 valence electrons. The number of aromatic nitrogens is 2. The van der Waals surface area contributed by atoms with E-state index >= 15 is 0 Å². The van der Waals surface area contributed by atoms with Crippen LogP contribution in [0.1, 0.15) is 31.4 Å². The smallest absolute Gasteiger partial charge is 0.141 e. The summed E-state index contributed by atoms with van der Waals surface area (Å²) in [6.07, 6.45) is 2.78. The quantitative estimate of drug-likeness (QED) is 0.351. The first kappa shape index (κ1) is 22.5. The van der Waals surface area contributed by atoms with Gasteiger partial charge in [0.1, 0.15) is 30.3 Å². The Morgan fingerprint density at radius 1 is 1.00 bits per heavy atom. The lowest BCUT2D eigenvalue weighted by molar-refractivity contribution is 0.306. The molecule has 0 saturated carbocycles. The number of benzene rings is 3. The Labute approximate surface area is 187 Å². The summed E-state index contributed by atoms with van der Waals surface area (Å²) in [4.78, 5) is 8.64. The van der Waals surface area contributed by atoms with E-state index in [1.807, 2.05) is 31.2 Å². The SMILES string of the molecule is CCC.Cc1ccc2ncnc(Nc3ccc(OCc4cccc(F)c4)c(Cl)c3)c2c1. The summed E-state index contributed by atoms with van der Waals surface area (Å²) < 4.78 is 19.0. The normalized spacial score (nSPS) is 10.4. The van der Waals surface area contributed by atoms with E-state index in [0.29, 0.717) is 16.6 Å².